The van der Waals surface area contributed by atoms with Gasteiger partial charge in [-0.15, -0.1) is 0 Å². The van der Waals surface area contributed by atoms with Gasteiger partial charge in [-0.1, -0.05) is 96.1 Å². The van der Waals surface area contributed by atoms with Gasteiger partial charge in [0.2, 0.25) is 0 Å². The fourth-order valence-electron chi connectivity index (χ4n) is 5.57. The first-order valence-electron chi connectivity index (χ1n) is 13.7. The van der Waals surface area contributed by atoms with Crippen molar-refractivity contribution in [3.8, 4) is 33.9 Å². The van der Waals surface area contributed by atoms with Crippen molar-refractivity contribution in [1.82, 2.24) is 9.13 Å². The molecule has 0 aliphatic carbocycles. The van der Waals surface area contributed by atoms with Crippen molar-refractivity contribution in [3.63, 3.8) is 0 Å². The highest BCUT2D eigenvalue weighted by Crippen LogP contribution is 2.34. The Balaban J connectivity index is 1.50. The molecule has 0 atom stereocenters. The Morgan fingerprint density at radius 3 is 1.15 bits per heavy atom. The number of aryl methyl sites for hydroxylation is 2. The van der Waals surface area contributed by atoms with Crippen LogP contribution in [0.2, 0.25) is 0 Å². The summed E-state index contributed by atoms with van der Waals surface area (Å²) in [6.45, 7) is 8.79. The van der Waals surface area contributed by atoms with Gasteiger partial charge in [0.1, 0.15) is 0 Å². The SMILES string of the molecule is Cc1ccc(-c2cc(Cc3cc(-c4ccc(C)cc4)n(-c4ccccc4)c3C)c(C)n2-c2ccccc2)cc1. The quantitative estimate of drug-likeness (QED) is 0.213. The zero-order valence-electron chi connectivity index (χ0n) is 23.1. The van der Waals surface area contributed by atoms with Crippen LogP contribution in [0.5, 0.6) is 0 Å². The van der Waals surface area contributed by atoms with Crippen LogP contribution in [-0.2, 0) is 6.42 Å². The molecule has 0 unspecified atom stereocenters. The van der Waals surface area contributed by atoms with Gasteiger partial charge in [-0.3, -0.25) is 0 Å². The molecule has 4 aromatic carbocycles. The first kappa shape index (κ1) is 24.8. The van der Waals surface area contributed by atoms with Crippen LogP contribution >= 0.6 is 0 Å². The Labute approximate surface area is 231 Å². The fourth-order valence-corrected chi connectivity index (χ4v) is 5.57. The van der Waals surface area contributed by atoms with Gasteiger partial charge >= 0.3 is 0 Å². The first-order valence-corrected chi connectivity index (χ1v) is 13.7. The molecule has 6 rings (SSSR count). The highest BCUT2D eigenvalue weighted by Gasteiger charge is 2.19. The summed E-state index contributed by atoms with van der Waals surface area (Å²) in [7, 11) is 0. The minimum atomic E-state index is 0.870. The highest BCUT2D eigenvalue weighted by molar-refractivity contribution is 5.69. The molecule has 0 aliphatic heterocycles. The molecule has 0 saturated heterocycles. The number of rotatable bonds is 6. The van der Waals surface area contributed by atoms with Gasteiger partial charge in [0.05, 0.1) is 11.4 Å². The smallest absolute Gasteiger partial charge is 0.0534 e. The van der Waals surface area contributed by atoms with E-state index in [9.17, 15) is 0 Å². The predicted octanol–water partition coefficient (Wildman–Crippen LogP) is 9.43. The summed E-state index contributed by atoms with van der Waals surface area (Å²) in [4.78, 5) is 0. The third kappa shape index (κ3) is 4.75. The maximum absolute atomic E-state index is 2.41. The van der Waals surface area contributed by atoms with Crippen LogP contribution < -0.4 is 0 Å². The molecule has 0 aliphatic rings. The molecule has 0 radical (unpaired) electrons. The van der Waals surface area contributed by atoms with E-state index in [1.165, 1.54) is 67.5 Å². The second kappa shape index (κ2) is 10.3. The Morgan fingerprint density at radius 1 is 0.436 bits per heavy atom. The highest BCUT2D eigenvalue weighted by atomic mass is 15.0. The lowest BCUT2D eigenvalue weighted by Gasteiger charge is -2.13. The summed E-state index contributed by atoms with van der Waals surface area (Å²) in [5.74, 6) is 0. The van der Waals surface area contributed by atoms with E-state index >= 15 is 0 Å². The number of hydrogen-bond acceptors (Lipinski definition) is 0. The average Bonchev–Trinajstić information content (AvgIpc) is 3.46. The molecule has 2 heterocycles. The van der Waals surface area contributed by atoms with Crippen LogP contribution in [0.4, 0.5) is 0 Å². The molecule has 0 fully saturated rings. The standard InChI is InChI=1S/C37H34N2/c1-26-15-19-30(20-16-26)36-24-32(28(3)38(36)34-11-7-5-8-12-34)23-33-25-37(31-21-17-27(2)18-22-31)39(29(33)4)35-13-9-6-10-14-35/h5-22,24-25H,23H2,1-4H3. The summed E-state index contributed by atoms with van der Waals surface area (Å²) in [6.07, 6.45) is 0.870. The largest absolute Gasteiger partial charge is 0.314 e. The lowest BCUT2D eigenvalue weighted by Crippen LogP contribution is -2.01. The number of para-hydroxylation sites is 2. The normalized spacial score (nSPS) is 11.2. The first-order chi connectivity index (χ1) is 19.0. The summed E-state index contributed by atoms with van der Waals surface area (Å²) in [5.41, 5.74) is 15.1. The minimum Gasteiger partial charge on any atom is -0.314 e. The molecule has 2 nitrogen and oxygen atoms in total. The van der Waals surface area contributed by atoms with E-state index in [1.54, 1.807) is 0 Å². The predicted molar refractivity (Wildman–Crippen MR) is 164 cm³/mol. The summed E-state index contributed by atoms with van der Waals surface area (Å²) >= 11 is 0. The van der Waals surface area contributed by atoms with E-state index in [0.29, 0.717) is 0 Å². The molecule has 0 N–H and O–H groups in total. The zero-order valence-corrected chi connectivity index (χ0v) is 23.1. The fraction of sp³-hybridized carbons (Fsp3) is 0.135. The number of hydrogen-bond donors (Lipinski definition) is 0. The van der Waals surface area contributed by atoms with Gasteiger partial charge in [-0.2, -0.15) is 0 Å². The van der Waals surface area contributed by atoms with Gasteiger partial charge in [-0.05, 0) is 86.3 Å². The van der Waals surface area contributed by atoms with Crippen LogP contribution in [0.1, 0.15) is 33.6 Å². The van der Waals surface area contributed by atoms with Crippen molar-refractivity contribution in [3.05, 3.63) is 155 Å². The molecular formula is C37H34N2. The lowest BCUT2D eigenvalue weighted by molar-refractivity contribution is 0.978. The van der Waals surface area contributed by atoms with Crippen molar-refractivity contribution in [2.24, 2.45) is 0 Å². The van der Waals surface area contributed by atoms with Gasteiger partial charge < -0.3 is 9.13 Å². The Hall–Kier alpha value is -4.56. The number of benzene rings is 4. The maximum Gasteiger partial charge on any atom is 0.0534 e. The van der Waals surface area contributed by atoms with Crippen molar-refractivity contribution in [1.29, 1.82) is 0 Å². The van der Waals surface area contributed by atoms with E-state index in [1.807, 2.05) is 0 Å². The number of aromatic nitrogens is 2. The molecular weight excluding hydrogens is 472 g/mol. The van der Waals surface area contributed by atoms with E-state index in [0.717, 1.165) is 6.42 Å². The van der Waals surface area contributed by atoms with Crippen LogP contribution in [-0.4, -0.2) is 9.13 Å². The Kier molecular flexibility index (Phi) is 6.54. The minimum absolute atomic E-state index is 0.870. The second-order valence-electron chi connectivity index (χ2n) is 10.5. The zero-order chi connectivity index (χ0) is 26.9. The summed E-state index contributed by atoms with van der Waals surface area (Å²) in [5, 5.41) is 0. The van der Waals surface area contributed by atoms with Gasteiger partial charge in [0.25, 0.3) is 0 Å². The molecule has 0 spiro atoms. The van der Waals surface area contributed by atoms with Crippen LogP contribution in [0.25, 0.3) is 33.9 Å². The summed E-state index contributed by atoms with van der Waals surface area (Å²) < 4.78 is 4.81. The second-order valence-corrected chi connectivity index (χ2v) is 10.5. The third-order valence-electron chi connectivity index (χ3n) is 7.81. The van der Waals surface area contributed by atoms with Gasteiger partial charge in [0.15, 0.2) is 0 Å². The van der Waals surface area contributed by atoms with Crippen molar-refractivity contribution >= 4 is 0 Å². The Morgan fingerprint density at radius 2 is 0.795 bits per heavy atom. The van der Waals surface area contributed by atoms with E-state index in [2.05, 4.69) is 158 Å². The molecule has 39 heavy (non-hydrogen) atoms. The monoisotopic (exact) mass is 506 g/mol. The van der Waals surface area contributed by atoms with E-state index in [-0.39, 0.29) is 0 Å². The van der Waals surface area contributed by atoms with E-state index in [4.69, 9.17) is 0 Å². The third-order valence-corrected chi connectivity index (χ3v) is 7.81. The molecule has 2 heteroatoms. The number of nitrogens with zero attached hydrogens (tertiary/aromatic N) is 2. The van der Waals surface area contributed by atoms with Crippen LogP contribution in [0.3, 0.4) is 0 Å². The molecule has 2 aromatic heterocycles. The van der Waals surface area contributed by atoms with Crippen molar-refractivity contribution in [2.45, 2.75) is 34.1 Å². The molecule has 0 amide bonds. The van der Waals surface area contributed by atoms with Gasteiger partial charge in [0, 0.05) is 29.2 Å². The van der Waals surface area contributed by atoms with E-state index < -0.39 is 0 Å². The molecule has 0 saturated carbocycles. The van der Waals surface area contributed by atoms with Gasteiger partial charge in [-0.25, -0.2) is 0 Å². The Bertz CT molecular complexity index is 1590. The molecule has 6 aromatic rings. The maximum atomic E-state index is 2.41. The van der Waals surface area contributed by atoms with Crippen LogP contribution in [0.15, 0.2) is 121 Å². The van der Waals surface area contributed by atoms with Crippen LogP contribution in [0, 0.1) is 27.7 Å². The molecule has 192 valence electrons. The lowest BCUT2D eigenvalue weighted by atomic mass is 10.0. The van der Waals surface area contributed by atoms with Crippen molar-refractivity contribution in [2.75, 3.05) is 0 Å². The molecule has 0 bridgehead atoms. The summed E-state index contributed by atoms with van der Waals surface area (Å²) in [6, 6.07) is 43.9. The topological polar surface area (TPSA) is 9.86 Å². The van der Waals surface area contributed by atoms with Crippen molar-refractivity contribution < 1.29 is 0 Å². The average molecular weight is 507 g/mol.